The fraction of sp³-hybridized carbons (Fsp3) is 1.00. The molecule has 1 aliphatic heterocycles. The Balaban J connectivity index is 2.09. The van der Waals surface area contributed by atoms with Crippen LogP contribution in [0, 0.1) is 11.8 Å². The van der Waals surface area contributed by atoms with E-state index in [1.807, 2.05) is 0 Å². The van der Waals surface area contributed by atoms with Gasteiger partial charge in [-0.25, -0.2) is 0 Å². The fourth-order valence-electron chi connectivity index (χ4n) is 2.79. The second-order valence-corrected chi connectivity index (χ2v) is 4.04. The van der Waals surface area contributed by atoms with Crippen molar-refractivity contribution >= 4 is 0 Å². The van der Waals surface area contributed by atoms with Gasteiger partial charge in [-0.2, -0.15) is 0 Å². The molecule has 0 N–H and O–H groups in total. The van der Waals surface area contributed by atoms with Crippen molar-refractivity contribution in [3.63, 3.8) is 0 Å². The maximum absolute atomic E-state index is 2.52. The van der Waals surface area contributed by atoms with Crippen LogP contribution in [0.25, 0.3) is 0 Å². The van der Waals surface area contributed by atoms with E-state index >= 15 is 0 Å². The van der Waals surface area contributed by atoms with Gasteiger partial charge in [-0.05, 0) is 38.6 Å². The molecule has 1 aliphatic carbocycles. The summed E-state index contributed by atoms with van der Waals surface area (Å²) in [5.41, 5.74) is 0. The van der Waals surface area contributed by atoms with Gasteiger partial charge < -0.3 is 4.90 Å². The summed E-state index contributed by atoms with van der Waals surface area (Å²) in [6.45, 7) is 3.75. The van der Waals surface area contributed by atoms with Gasteiger partial charge in [0, 0.05) is 12.6 Å². The number of hydrogen-bond donors (Lipinski definition) is 0. The molecule has 0 bridgehead atoms. The van der Waals surface area contributed by atoms with Gasteiger partial charge in [0.05, 0.1) is 0 Å². The second-order valence-electron chi connectivity index (χ2n) is 4.04. The van der Waals surface area contributed by atoms with Crippen molar-refractivity contribution in [3.8, 4) is 0 Å². The third-order valence-electron chi connectivity index (χ3n) is 3.56. The summed E-state index contributed by atoms with van der Waals surface area (Å²) in [5.74, 6) is 2.10. The lowest BCUT2D eigenvalue weighted by atomic mass is 9.95. The Bertz CT molecular complexity index is 131. The minimum atomic E-state index is 0.868. The molecule has 1 heteroatoms. The van der Waals surface area contributed by atoms with Gasteiger partial charge in [0.1, 0.15) is 0 Å². The van der Waals surface area contributed by atoms with Crippen molar-refractivity contribution in [2.45, 2.75) is 32.2 Å². The molecule has 0 radical (unpaired) electrons. The first-order valence-corrected chi connectivity index (χ1v) is 4.49. The van der Waals surface area contributed by atoms with Crippen molar-refractivity contribution in [2.24, 2.45) is 11.8 Å². The highest BCUT2D eigenvalue weighted by Gasteiger charge is 2.39. The minimum absolute atomic E-state index is 0.868. The molecule has 2 aliphatic rings. The summed E-state index contributed by atoms with van der Waals surface area (Å²) in [7, 11) is 2.27. The number of fused-ring (bicyclic) bond motifs is 1. The Morgan fingerprint density at radius 2 is 2.10 bits per heavy atom. The molecule has 2 fully saturated rings. The predicted molar refractivity (Wildman–Crippen MR) is 42.9 cm³/mol. The van der Waals surface area contributed by atoms with Gasteiger partial charge in [-0.3, -0.25) is 0 Å². The molecule has 0 spiro atoms. The molecule has 0 amide bonds. The average Bonchev–Trinajstić information content (AvgIpc) is 2.41. The van der Waals surface area contributed by atoms with E-state index < -0.39 is 0 Å². The molecule has 10 heavy (non-hydrogen) atoms. The molecule has 3 atom stereocenters. The highest BCUT2D eigenvalue weighted by molar-refractivity contribution is 4.92. The maximum Gasteiger partial charge on any atom is 0.00953 e. The zero-order chi connectivity index (χ0) is 7.14. The molecular formula is C9H17N. The van der Waals surface area contributed by atoms with E-state index in [-0.39, 0.29) is 0 Å². The molecule has 3 unspecified atom stereocenters. The van der Waals surface area contributed by atoms with E-state index in [2.05, 4.69) is 18.9 Å². The molecule has 1 nitrogen and oxygen atoms in total. The maximum atomic E-state index is 2.52. The van der Waals surface area contributed by atoms with Crippen molar-refractivity contribution in [1.82, 2.24) is 4.90 Å². The lowest BCUT2D eigenvalue weighted by molar-refractivity contribution is 0.287. The predicted octanol–water partition coefficient (Wildman–Crippen LogP) is 1.74. The SMILES string of the molecule is CC1C2CCCC2CN1C. The monoisotopic (exact) mass is 139 g/mol. The largest absolute Gasteiger partial charge is 0.303 e. The quantitative estimate of drug-likeness (QED) is 0.494. The number of likely N-dealkylation sites (tertiary alicyclic amines) is 1. The molecule has 1 heterocycles. The molecule has 1 saturated heterocycles. The van der Waals surface area contributed by atoms with E-state index in [0.29, 0.717) is 0 Å². The highest BCUT2D eigenvalue weighted by Crippen LogP contribution is 2.40. The van der Waals surface area contributed by atoms with Gasteiger partial charge >= 0.3 is 0 Å². The van der Waals surface area contributed by atoms with Crippen LogP contribution in [-0.4, -0.2) is 24.5 Å². The molecular weight excluding hydrogens is 122 g/mol. The molecule has 2 rings (SSSR count). The molecule has 58 valence electrons. The summed E-state index contributed by atoms with van der Waals surface area (Å²) in [6.07, 6.45) is 4.49. The molecule has 0 aromatic carbocycles. The van der Waals surface area contributed by atoms with E-state index in [4.69, 9.17) is 0 Å². The first kappa shape index (κ1) is 6.66. The van der Waals surface area contributed by atoms with Crippen LogP contribution in [0.2, 0.25) is 0 Å². The van der Waals surface area contributed by atoms with E-state index in [1.54, 1.807) is 0 Å². The van der Waals surface area contributed by atoms with Crippen molar-refractivity contribution in [1.29, 1.82) is 0 Å². The van der Waals surface area contributed by atoms with Crippen molar-refractivity contribution < 1.29 is 0 Å². The number of nitrogens with zero attached hydrogens (tertiary/aromatic N) is 1. The Morgan fingerprint density at radius 3 is 2.80 bits per heavy atom. The van der Waals surface area contributed by atoms with Crippen molar-refractivity contribution in [3.05, 3.63) is 0 Å². The summed E-state index contributed by atoms with van der Waals surface area (Å²) in [5, 5.41) is 0. The van der Waals surface area contributed by atoms with Crippen LogP contribution < -0.4 is 0 Å². The van der Waals surface area contributed by atoms with E-state index in [9.17, 15) is 0 Å². The summed E-state index contributed by atoms with van der Waals surface area (Å²) in [6, 6.07) is 0.868. The zero-order valence-electron chi connectivity index (χ0n) is 7.01. The lowest BCUT2D eigenvalue weighted by Crippen LogP contribution is -2.25. The van der Waals surface area contributed by atoms with Gasteiger partial charge in [0.2, 0.25) is 0 Å². The van der Waals surface area contributed by atoms with Gasteiger partial charge in [-0.15, -0.1) is 0 Å². The summed E-state index contributed by atoms with van der Waals surface area (Å²) >= 11 is 0. The zero-order valence-corrected chi connectivity index (χ0v) is 7.01. The van der Waals surface area contributed by atoms with Crippen LogP contribution in [0.5, 0.6) is 0 Å². The Morgan fingerprint density at radius 1 is 1.30 bits per heavy atom. The van der Waals surface area contributed by atoms with E-state index in [0.717, 1.165) is 17.9 Å². The van der Waals surface area contributed by atoms with Gasteiger partial charge in [0.15, 0.2) is 0 Å². The van der Waals surface area contributed by atoms with Gasteiger partial charge in [0.25, 0.3) is 0 Å². The van der Waals surface area contributed by atoms with Crippen LogP contribution in [0.4, 0.5) is 0 Å². The third kappa shape index (κ3) is 0.800. The van der Waals surface area contributed by atoms with E-state index in [1.165, 1.54) is 25.8 Å². The van der Waals surface area contributed by atoms with Crippen LogP contribution >= 0.6 is 0 Å². The number of hydrogen-bond acceptors (Lipinski definition) is 1. The van der Waals surface area contributed by atoms with Crippen LogP contribution in [-0.2, 0) is 0 Å². The average molecular weight is 139 g/mol. The number of rotatable bonds is 0. The normalized spacial score (nSPS) is 48.0. The third-order valence-corrected chi connectivity index (χ3v) is 3.56. The first-order valence-electron chi connectivity index (χ1n) is 4.49. The smallest absolute Gasteiger partial charge is 0.00953 e. The Kier molecular flexibility index (Phi) is 1.48. The van der Waals surface area contributed by atoms with Crippen LogP contribution in [0.1, 0.15) is 26.2 Å². The van der Waals surface area contributed by atoms with Crippen LogP contribution in [0.3, 0.4) is 0 Å². The first-order chi connectivity index (χ1) is 4.79. The van der Waals surface area contributed by atoms with Crippen LogP contribution in [0.15, 0.2) is 0 Å². The fourth-order valence-corrected chi connectivity index (χ4v) is 2.79. The lowest BCUT2D eigenvalue weighted by Gasteiger charge is -2.18. The molecule has 0 aromatic rings. The molecule has 0 aromatic heterocycles. The second kappa shape index (κ2) is 2.23. The summed E-state index contributed by atoms with van der Waals surface area (Å²) < 4.78 is 0. The standard InChI is InChI=1S/C9H17N/c1-7-9-5-3-4-8(9)6-10(7)2/h7-9H,3-6H2,1-2H3. The molecule has 1 saturated carbocycles. The Labute approximate surface area is 63.4 Å². The van der Waals surface area contributed by atoms with Crippen molar-refractivity contribution in [2.75, 3.05) is 13.6 Å². The summed E-state index contributed by atoms with van der Waals surface area (Å²) in [4.78, 5) is 2.52. The topological polar surface area (TPSA) is 3.24 Å². The highest BCUT2D eigenvalue weighted by atomic mass is 15.2. The van der Waals surface area contributed by atoms with Gasteiger partial charge in [-0.1, -0.05) is 6.42 Å². The minimum Gasteiger partial charge on any atom is -0.303 e. The Hall–Kier alpha value is -0.0400.